The van der Waals surface area contributed by atoms with Gasteiger partial charge in [-0.2, -0.15) is 0 Å². The molecular weight excluding hydrogens is 989 g/mol. The number of hydrogen-bond acceptors (Lipinski definition) is 1. The van der Waals surface area contributed by atoms with E-state index in [2.05, 4.69) is 331 Å². The van der Waals surface area contributed by atoms with Crippen LogP contribution in [0.4, 0.5) is 17.1 Å². The summed E-state index contributed by atoms with van der Waals surface area (Å²) in [6.07, 6.45) is 0. The standard InChI is InChI=1S/C80H66N2/c1-78(2,3)58-49-56(50-59(52-58)79(4,5)6)63-35-22-25-54-26-23-37-69(76(54)63)67-33-16-20-41-74(67)81(61-46-43-53(44-47-61)64-36-24-38-70-68-34-17-21-42-75(68)82(77(64)70)60-29-12-9-13-30-60)73-40-19-15-31-62(73)55-45-48-66-65-32-14-18-39-71(65)80(7,72(66)51-55)57-27-10-8-11-28-57/h8-52H,1-7H3. The van der Waals surface area contributed by atoms with E-state index in [1.54, 1.807) is 0 Å². The predicted molar refractivity (Wildman–Crippen MR) is 350 cm³/mol. The van der Waals surface area contributed by atoms with Gasteiger partial charge < -0.3 is 9.47 Å². The molecule has 0 fully saturated rings. The molecule has 1 unspecified atom stereocenters. The van der Waals surface area contributed by atoms with E-state index < -0.39 is 0 Å². The van der Waals surface area contributed by atoms with Crippen LogP contribution in [0.5, 0.6) is 0 Å². The summed E-state index contributed by atoms with van der Waals surface area (Å²) in [6.45, 7) is 16.4. The van der Waals surface area contributed by atoms with E-state index >= 15 is 0 Å². The van der Waals surface area contributed by atoms with Crippen LogP contribution in [0.3, 0.4) is 0 Å². The molecule has 0 amide bonds. The van der Waals surface area contributed by atoms with Crippen LogP contribution >= 0.6 is 0 Å². The molecular formula is C80H66N2. The number of anilines is 3. The van der Waals surface area contributed by atoms with Crippen molar-refractivity contribution in [1.82, 2.24) is 4.57 Å². The highest BCUT2D eigenvalue weighted by molar-refractivity contribution is 6.14. The molecule has 12 aromatic carbocycles. The molecule has 1 aliphatic rings. The van der Waals surface area contributed by atoms with Gasteiger partial charge in [0.1, 0.15) is 0 Å². The predicted octanol–water partition coefficient (Wildman–Crippen LogP) is 22.0. The topological polar surface area (TPSA) is 8.17 Å². The van der Waals surface area contributed by atoms with Crippen LogP contribution in [0.1, 0.15) is 76.3 Å². The summed E-state index contributed by atoms with van der Waals surface area (Å²) in [6, 6.07) is 102. The third-order valence-corrected chi connectivity index (χ3v) is 17.6. The SMILES string of the molecule is CC(C)(C)c1cc(-c2cccc3cccc(-c4ccccc4N(c4ccc(-c5cccc6c7ccccc7n(-c7ccccc7)c56)cc4)c4ccccc4-c4ccc5c(c4)C(C)(c4ccccc4)c4ccccc4-5)c23)cc(C(C)(C)C)c1. The van der Waals surface area contributed by atoms with Gasteiger partial charge in [0.25, 0.3) is 0 Å². The molecule has 2 nitrogen and oxygen atoms in total. The van der Waals surface area contributed by atoms with Crippen molar-refractivity contribution < 1.29 is 0 Å². The Morgan fingerprint density at radius 3 is 1.59 bits per heavy atom. The molecule has 13 aromatic rings. The maximum absolute atomic E-state index is 2.52. The fraction of sp³-hybridized carbons (Fsp3) is 0.125. The van der Waals surface area contributed by atoms with Crippen LogP contribution in [0.2, 0.25) is 0 Å². The van der Waals surface area contributed by atoms with Crippen molar-refractivity contribution in [3.63, 3.8) is 0 Å². The zero-order valence-corrected chi connectivity index (χ0v) is 47.9. The van der Waals surface area contributed by atoms with Gasteiger partial charge in [-0.1, -0.05) is 266 Å². The molecule has 1 atom stereocenters. The highest BCUT2D eigenvalue weighted by Gasteiger charge is 2.41. The molecule has 2 heteroatoms. The summed E-state index contributed by atoms with van der Waals surface area (Å²) in [5.74, 6) is 0. The number of para-hydroxylation sites is 5. The van der Waals surface area contributed by atoms with E-state index in [0.717, 1.165) is 39.4 Å². The van der Waals surface area contributed by atoms with Crippen molar-refractivity contribution in [2.24, 2.45) is 0 Å². The monoisotopic (exact) mass is 1050 g/mol. The molecule has 1 aromatic heterocycles. The average Bonchev–Trinajstić information content (AvgIpc) is 3.61. The van der Waals surface area contributed by atoms with Crippen molar-refractivity contribution in [2.45, 2.75) is 64.7 Å². The summed E-state index contributed by atoms with van der Waals surface area (Å²) in [5.41, 5.74) is 25.1. The Balaban J connectivity index is 0.993. The van der Waals surface area contributed by atoms with Crippen LogP contribution in [0.15, 0.2) is 273 Å². The molecule has 0 aliphatic heterocycles. The number of hydrogen-bond donors (Lipinski definition) is 0. The lowest BCUT2D eigenvalue weighted by Crippen LogP contribution is -2.22. The molecule has 0 saturated heterocycles. The van der Waals surface area contributed by atoms with E-state index in [-0.39, 0.29) is 16.2 Å². The van der Waals surface area contributed by atoms with Crippen LogP contribution in [0.25, 0.3) is 93.9 Å². The lowest BCUT2D eigenvalue weighted by molar-refractivity contribution is 0.569. The molecule has 1 heterocycles. The van der Waals surface area contributed by atoms with Gasteiger partial charge in [-0.25, -0.2) is 0 Å². The largest absolute Gasteiger partial charge is 0.309 e. The molecule has 1 aliphatic carbocycles. The second-order valence-corrected chi connectivity index (χ2v) is 24.6. The fourth-order valence-corrected chi connectivity index (χ4v) is 13.3. The first-order chi connectivity index (χ1) is 39.8. The molecule has 396 valence electrons. The van der Waals surface area contributed by atoms with E-state index in [0.29, 0.717) is 0 Å². The van der Waals surface area contributed by atoms with Gasteiger partial charge in [-0.15, -0.1) is 0 Å². The molecule has 0 saturated carbocycles. The zero-order chi connectivity index (χ0) is 55.9. The van der Waals surface area contributed by atoms with Gasteiger partial charge in [0, 0.05) is 44.3 Å². The Labute approximate surface area is 483 Å². The number of nitrogens with zero attached hydrogens (tertiary/aromatic N) is 2. The van der Waals surface area contributed by atoms with Crippen LogP contribution in [-0.4, -0.2) is 4.57 Å². The Hall–Kier alpha value is -9.50. The van der Waals surface area contributed by atoms with Crippen molar-refractivity contribution in [3.05, 3.63) is 301 Å². The maximum Gasteiger partial charge on any atom is 0.0619 e. The lowest BCUT2D eigenvalue weighted by Gasteiger charge is -2.31. The summed E-state index contributed by atoms with van der Waals surface area (Å²) >= 11 is 0. The van der Waals surface area contributed by atoms with Gasteiger partial charge in [-0.05, 0) is 144 Å². The minimum absolute atomic E-state index is 0.0325. The van der Waals surface area contributed by atoms with Gasteiger partial charge in [-0.3, -0.25) is 0 Å². The number of aromatic nitrogens is 1. The summed E-state index contributed by atoms with van der Waals surface area (Å²) in [4.78, 5) is 2.52. The van der Waals surface area contributed by atoms with Crippen molar-refractivity contribution in [2.75, 3.05) is 4.90 Å². The molecule has 14 rings (SSSR count). The highest BCUT2D eigenvalue weighted by atomic mass is 15.1. The third-order valence-electron chi connectivity index (χ3n) is 17.6. The van der Waals surface area contributed by atoms with Gasteiger partial charge in [0.15, 0.2) is 0 Å². The third kappa shape index (κ3) is 8.39. The Bertz CT molecular complexity index is 4550. The van der Waals surface area contributed by atoms with Gasteiger partial charge in [0.05, 0.1) is 22.4 Å². The first-order valence-electron chi connectivity index (χ1n) is 29.0. The zero-order valence-electron chi connectivity index (χ0n) is 47.9. The Kier molecular flexibility index (Phi) is 12.1. The first-order valence-corrected chi connectivity index (χ1v) is 29.0. The van der Waals surface area contributed by atoms with Gasteiger partial charge >= 0.3 is 0 Å². The minimum Gasteiger partial charge on any atom is -0.309 e. The molecule has 0 spiro atoms. The van der Waals surface area contributed by atoms with E-state index in [4.69, 9.17) is 0 Å². The van der Waals surface area contributed by atoms with Crippen LogP contribution in [0, 0.1) is 0 Å². The number of fused-ring (bicyclic) bond motifs is 7. The average molecular weight is 1060 g/mol. The van der Waals surface area contributed by atoms with Crippen molar-refractivity contribution in [1.29, 1.82) is 0 Å². The molecule has 0 bridgehead atoms. The summed E-state index contributed by atoms with van der Waals surface area (Å²) in [7, 11) is 0. The second kappa shape index (κ2) is 19.6. The number of benzene rings is 12. The maximum atomic E-state index is 2.52. The smallest absolute Gasteiger partial charge is 0.0619 e. The number of rotatable bonds is 9. The Morgan fingerprint density at radius 1 is 0.354 bits per heavy atom. The summed E-state index contributed by atoms with van der Waals surface area (Å²) in [5, 5.41) is 4.93. The van der Waals surface area contributed by atoms with E-state index in [1.807, 2.05) is 0 Å². The van der Waals surface area contributed by atoms with E-state index in [9.17, 15) is 0 Å². The molecule has 82 heavy (non-hydrogen) atoms. The lowest BCUT2D eigenvalue weighted by atomic mass is 9.74. The molecule has 0 N–H and O–H groups in total. The summed E-state index contributed by atoms with van der Waals surface area (Å²) < 4.78 is 2.44. The van der Waals surface area contributed by atoms with Crippen LogP contribution < -0.4 is 4.90 Å². The Morgan fingerprint density at radius 2 is 0.878 bits per heavy atom. The first kappa shape index (κ1) is 50.7. The van der Waals surface area contributed by atoms with Crippen molar-refractivity contribution >= 4 is 49.6 Å². The quantitative estimate of drug-likeness (QED) is 0.140. The van der Waals surface area contributed by atoms with Gasteiger partial charge in [0.2, 0.25) is 0 Å². The minimum atomic E-state index is -0.346. The molecule has 0 radical (unpaired) electrons. The van der Waals surface area contributed by atoms with Crippen LogP contribution in [-0.2, 0) is 16.2 Å². The fourth-order valence-electron chi connectivity index (χ4n) is 13.3. The second-order valence-electron chi connectivity index (χ2n) is 24.6. The van der Waals surface area contributed by atoms with E-state index in [1.165, 1.54) is 99.3 Å². The van der Waals surface area contributed by atoms with Crippen molar-refractivity contribution in [3.8, 4) is 61.3 Å². The highest BCUT2D eigenvalue weighted by Crippen LogP contribution is 2.55. The normalized spacial score (nSPS) is 14.1.